The smallest absolute Gasteiger partial charge is 0.335 e. The molecule has 0 fully saturated rings. The van der Waals surface area contributed by atoms with E-state index in [1.54, 1.807) is 18.7 Å². The highest BCUT2D eigenvalue weighted by atomic mass is 16.7. The van der Waals surface area contributed by atoms with Crippen molar-refractivity contribution in [2.24, 2.45) is 7.05 Å². The number of hydrogen-bond acceptors (Lipinski definition) is 6. The summed E-state index contributed by atoms with van der Waals surface area (Å²) in [7, 11) is 3.20. The molecule has 31 heavy (non-hydrogen) atoms. The van der Waals surface area contributed by atoms with Crippen molar-refractivity contribution in [3.05, 3.63) is 52.3 Å². The minimum atomic E-state index is -0.926. The van der Waals surface area contributed by atoms with Gasteiger partial charge in [-0.15, -0.1) is 0 Å². The number of esters is 1. The standard InChI is InChI=1S/C24H31N3O4/c1-15-16(2)26-27(7)22(15)23(31-17(3)30-21(28)14-29-8)20(13-25)18-9-11-19(12-10-18)24(4,5)6/h9-12,17H,14H2,1-8H3/b23-20-. The van der Waals surface area contributed by atoms with Gasteiger partial charge < -0.3 is 14.2 Å². The topological polar surface area (TPSA) is 86.4 Å². The number of carbonyl (C=O) groups excluding carboxylic acids is 1. The van der Waals surface area contributed by atoms with Gasteiger partial charge >= 0.3 is 5.97 Å². The third kappa shape index (κ3) is 5.74. The molecule has 0 aliphatic rings. The lowest BCUT2D eigenvalue weighted by atomic mass is 9.86. The Kier molecular flexibility index (Phi) is 7.64. The minimum absolute atomic E-state index is 0.00577. The maximum atomic E-state index is 11.8. The molecule has 1 aromatic carbocycles. The molecule has 1 heterocycles. The number of ether oxygens (including phenoxy) is 3. The molecule has 0 saturated heterocycles. The zero-order chi connectivity index (χ0) is 23.3. The van der Waals surface area contributed by atoms with Crippen molar-refractivity contribution in [1.82, 2.24) is 9.78 Å². The van der Waals surface area contributed by atoms with Crippen LogP contribution in [-0.2, 0) is 31.5 Å². The van der Waals surface area contributed by atoms with Gasteiger partial charge in [-0.1, -0.05) is 45.0 Å². The van der Waals surface area contributed by atoms with E-state index in [1.165, 1.54) is 7.11 Å². The number of benzene rings is 1. The fraction of sp³-hybridized carbons (Fsp3) is 0.458. The van der Waals surface area contributed by atoms with Crippen molar-refractivity contribution in [3.8, 4) is 6.07 Å². The zero-order valence-electron chi connectivity index (χ0n) is 19.6. The molecule has 0 bridgehead atoms. The second kappa shape index (κ2) is 9.80. The Hall–Kier alpha value is -3.11. The van der Waals surface area contributed by atoms with E-state index in [4.69, 9.17) is 14.2 Å². The summed E-state index contributed by atoms with van der Waals surface area (Å²) in [5, 5.41) is 14.5. The van der Waals surface area contributed by atoms with Crippen molar-refractivity contribution in [2.75, 3.05) is 13.7 Å². The maximum Gasteiger partial charge on any atom is 0.335 e. The quantitative estimate of drug-likeness (QED) is 0.285. The van der Waals surface area contributed by atoms with Gasteiger partial charge in [0.15, 0.2) is 5.76 Å². The van der Waals surface area contributed by atoms with Crippen molar-refractivity contribution >= 4 is 17.3 Å². The molecule has 0 spiro atoms. The minimum Gasteiger partial charge on any atom is -0.451 e. The van der Waals surface area contributed by atoms with E-state index in [-0.39, 0.29) is 12.0 Å². The Labute approximate surface area is 184 Å². The Morgan fingerprint density at radius 3 is 2.26 bits per heavy atom. The van der Waals surface area contributed by atoms with Crippen LogP contribution in [0.2, 0.25) is 0 Å². The van der Waals surface area contributed by atoms with E-state index >= 15 is 0 Å². The molecule has 0 aliphatic carbocycles. The van der Waals surface area contributed by atoms with Crippen LogP contribution in [-0.4, -0.2) is 35.8 Å². The van der Waals surface area contributed by atoms with Crippen LogP contribution in [0, 0.1) is 25.2 Å². The molecule has 7 heteroatoms. The number of nitriles is 1. The Morgan fingerprint density at radius 2 is 1.81 bits per heavy atom. The molecule has 0 N–H and O–H groups in total. The summed E-state index contributed by atoms with van der Waals surface area (Å²) >= 11 is 0. The van der Waals surface area contributed by atoms with Crippen LogP contribution in [0.15, 0.2) is 24.3 Å². The fourth-order valence-corrected chi connectivity index (χ4v) is 3.22. The van der Waals surface area contributed by atoms with Crippen LogP contribution in [0.4, 0.5) is 0 Å². The van der Waals surface area contributed by atoms with Crippen molar-refractivity contribution in [2.45, 2.75) is 53.2 Å². The average molecular weight is 426 g/mol. The first-order chi connectivity index (χ1) is 14.5. The van der Waals surface area contributed by atoms with E-state index in [9.17, 15) is 10.1 Å². The molecular formula is C24H31N3O4. The number of aromatic nitrogens is 2. The highest BCUT2D eigenvalue weighted by molar-refractivity contribution is 5.94. The van der Waals surface area contributed by atoms with Gasteiger partial charge in [0, 0.05) is 26.6 Å². The molecule has 1 unspecified atom stereocenters. The summed E-state index contributed by atoms with van der Waals surface area (Å²) in [5.41, 5.74) is 4.55. The Bertz CT molecular complexity index is 1010. The molecule has 1 atom stereocenters. The summed E-state index contributed by atoms with van der Waals surface area (Å²) in [4.78, 5) is 11.8. The van der Waals surface area contributed by atoms with Gasteiger partial charge in [0.25, 0.3) is 0 Å². The Morgan fingerprint density at radius 1 is 1.19 bits per heavy atom. The van der Waals surface area contributed by atoms with Crippen LogP contribution in [0.25, 0.3) is 11.3 Å². The van der Waals surface area contributed by atoms with Gasteiger partial charge in [0.1, 0.15) is 23.9 Å². The number of allylic oxidation sites excluding steroid dienone is 1. The van der Waals surface area contributed by atoms with Gasteiger partial charge in [0.05, 0.1) is 5.69 Å². The van der Waals surface area contributed by atoms with Gasteiger partial charge in [-0.3, -0.25) is 4.68 Å². The first kappa shape index (κ1) is 24.2. The van der Waals surface area contributed by atoms with Crippen LogP contribution >= 0.6 is 0 Å². The molecule has 2 aromatic rings. The van der Waals surface area contributed by atoms with E-state index in [2.05, 4.69) is 31.9 Å². The summed E-state index contributed by atoms with van der Waals surface area (Å²) in [6.45, 7) is 11.6. The molecule has 0 saturated carbocycles. The molecule has 0 amide bonds. The maximum absolute atomic E-state index is 11.8. The number of hydrogen-bond donors (Lipinski definition) is 0. The molecule has 0 aliphatic heterocycles. The van der Waals surface area contributed by atoms with Gasteiger partial charge in [-0.05, 0) is 30.4 Å². The average Bonchev–Trinajstić information content (AvgIpc) is 2.93. The number of methoxy groups -OCH3 is 1. The Balaban J connectivity index is 2.59. The highest BCUT2D eigenvalue weighted by Gasteiger charge is 2.24. The molecular weight excluding hydrogens is 394 g/mol. The largest absolute Gasteiger partial charge is 0.451 e. The second-order valence-corrected chi connectivity index (χ2v) is 8.43. The number of carbonyl (C=O) groups is 1. The van der Waals surface area contributed by atoms with Gasteiger partial charge in [-0.2, -0.15) is 10.4 Å². The van der Waals surface area contributed by atoms with Crippen LogP contribution in [0.1, 0.15) is 55.8 Å². The summed E-state index contributed by atoms with van der Waals surface area (Å²) < 4.78 is 17.8. The fourth-order valence-electron chi connectivity index (χ4n) is 3.22. The van der Waals surface area contributed by atoms with Crippen LogP contribution < -0.4 is 0 Å². The number of aryl methyl sites for hydroxylation is 2. The van der Waals surface area contributed by atoms with E-state index in [0.717, 1.165) is 16.8 Å². The van der Waals surface area contributed by atoms with Crippen molar-refractivity contribution in [3.63, 3.8) is 0 Å². The first-order valence-electron chi connectivity index (χ1n) is 10.1. The van der Waals surface area contributed by atoms with Gasteiger partial charge in [-0.25, -0.2) is 4.79 Å². The lowest BCUT2D eigenvalue weighted by Crippen LogP contribution is -2.21. The van der Waals surface area contributed by atoms with Crippen molar-refractivity contribution in [1.29, 1.82) is 5.26 Å². The third-order valence-corrected chi connectivity index (χ3v) is 4.96. The summed E-state index contributed by atoms with van der Waals surface area (Å²) in [5.74, 6) is -0.246. The summed E-state index contributed by atoms with van der Waals surface area (Å²) in [6.07, 6.45) is -0.926. The van der Waals surface area contributed by atoms with Crippen LogP contribution in [0.5, 0.6) is 0 Å². The van der Waals surface area contributed by atoms with E-state index < -0.39 is 12.3 Å². The predicted octanol–water partition coefficient (Wildman–Crippen LogP) is 4.28. The SMILES string of the molecule is COCC(=O)OC(C)O/C(=C(/C#N)c1ccc(C(C)(C)C)cc1)c1c(C)c(C)nn1C. The predicted molar refractivity (Wildman–Crippen MR) is 119 cm³/mol. The first-order valence-corrected chi connectivity index (χ1v) is 10.1. The molecule has 2 rings (SSSR count). The monoisotopic (exact) mass is 425 g/mol. The molecule has 166 valence electrons. The number of nitrogens with zero attached hydrogens (tertiary/aromatic N) is 3. The van der Waals surface area contributed by atoms with Crippen LogP contribution in [0.3, 0.4) is 0 Å². The summed E-state index contributed by atoms with van der Waals surface area (Å²) in [6, 6.07) is 10.1. The highest BCUT2D eigenvalue weighted by Crippen LogP contribution is 2.32. The normalized spacial score (nSPS) is 13.3. The zero-order valence-corrected chi connectivity index (χ0v) is 19.6. The molecule has 1 aromatic heterocycles. The van der Waals surface area contributed by atoms with E-state index in [1.807, 2.05) is 38.1 Å². The third-order valence-electron chi connectivity index (χ3n) is 4.96. The van der Waals surface area contributed by atoms with E-state index in [0.29, 0.717) is 22.6 Å². The lowest BCUT2D eigenvalue weighted by molar-refractivity contribution is -0.168. The van der Waals surface area contributed by atoms with Crippen molar-refractivity contribution < 1.29 is 19.0 Å². The molecule has 7 nitrogen and oxygen atoms in total. The second-order valence-electron chi connectivity index (χ2n) is 8.43. The molecule has 0 radical (unpaired) electrons. The van der Waals surface area contributed by atoms with Gasteiger partial charge in [0.2, 0.25) is 6.29 Å². The number of rotatable bonds is 7. The lowest BCUT2D eigenvalue weighted by Gasteiger charge is -2.21.